The third kappa shape index (κ3) is 2.99. The molecule has 1 unspecified atom stereocenters. The van der Waals surface area contributed by atoms with Gasteiger partial charge in [-0.3, -0.25) is 0 Å². The van der Waals surface area contributed by atoms with Crippen molar-refractivity contribution >= 4 is 0 Å². The minimum Gasteiger partial charge on any atom is -0.402 e. The summed E-state index contributed by atoms with van der Waals surface area (Å²) >= 11 is 0. The van der Waals surface area contributed by atoms with Crippen molar-refractivity contribution in [1.82, 2.24) is 5.32 Å². The van der Waals surface area contributed by atoms with E-state index >= 15 is 0 Å². The molecule has 0 saturated carbocycles. The van der Waals surface area contributed by atoms with Crippen LogP contribution in [0.2, 0.25) is 0 Å². The van der Waals surface area contributed by atoms with Crippen LogP contribution < -0.4 is 11.1 Å². The molecule has 0 aromatic rings. The van der Waals surface area contributed by atoms with Crippen molar-refractivity contribution in [2.75, 3.05) is 20.3 Å². The molecular weight excluding hydrogens is 188 g/mol. The van der Waals surface area contributed by atoms with Crippen molar-refractivity contribution in [2.45, 2.75) is 26.7 Å². The molecule has 1 atom stereocenters. The van der Waals surface area contributed by atoms with Crippen LogP contribution in [0.25, 0.3) is 0 Å². The van der Waals surface area contributed by atoms with Crippen LogP contribution in [0.5, 0.6) is 0 Å². The third-order valence-corrected chi connectivity index (χ3v) is 3.00. The Bertz CT molecular complexity index is 271. The minimum absolute atomic E-state index is 0.0439. The lowest BCUT2D eigenvalue weighted by Gasteiger charge is -2.33. The molecule has 0 heterocycles. The topological polar surface area (TPSA) is 47.3 Å². The van der Waals surface area contributed by atoms with E-state index in [0.717, 1.165) is 31.7 Å². The van der Waals surface area contributed by atoms with Crippen LogP contribution in [0.1, 0.15) is 26.7 Å². The van der Waals surface area contributed by atoms with Crippen LogP contribution >= 0.6 is 0 Å². The van der Waals surface area contributed by atoms with Crippen LogP contribution in [-0.4, -0.2) is 20.3 Å². The molecular formula is C12H22N2O. The highest BCUT2D eigenvalue weighted by Gasteiger charge is 2.30. The highest BCUT2D eigenvalue weighted by molar-refractivity contribution is 5.27. The van der Waals surface area contributed by atoms with Crippen molar-refractivity contribution < 1.29 is 4.74 Å². The predicted octanol–water partition coefficient (Wildman–Crippen LogP) is 1.77. The number of ether oxygens (including phenoxy) is 1. The van der Waals surface area contributed by atoms with Crippen LogP contribution in [0.3, 0.4) is 0 Å². The Morgan fingerprint density at radius 1 is 1.53 bits per heavy atom. The van der Waals surface area contributed by atoms with E-state index in [-0.39, 0.29) is 5.41 Å². The smallest absolute Gasteiger partial charge is 0.0471 e. The van der Waals surface area contributed by atoms with Gasteiger partial charge < -0.3 is 15.8 Å². The van der Waals surface area contributed by atoms with Gasteiger partial charge in [-0.1, -0.05) is 6.92 Å². The van der Waals surface area contributed by atoms with E-state index in [2.05, 4.69) is 25.2 Å². The van der Waals surface area contributed by atoms with E-state index in [4.69, 9.17) is 10.5 Å². The van der Waals surface area contributed by atoms with Crippen molar-refractivity contribution in [3.8, 4) is 0 Å². The second kappa shape index (κ2) is 5.21. The summed E-state index contributed by atoms with van der Waals surface area (Å²) in [6.45, 7) is 6.02. The average Bonchev–Trinajstić information content (AvgIpc) is 2.21. The fourth-order valence-electron chi connectivity index (χ4n) is 1.88. The Hall–Kier alpha value is -0.960. The first-order chi connectivity index (χ1) is 7.12. The number of nitrogens with two attached hydrogens (primary N) is 1. The zero-order valence-corrected chi connectivity index (χ0v) is 9.97. The van der Waals surface area contributed by atoms with Gasteiger partial charge in [0, 0.05) is 37.1 Å². The first-order valence-electron chi connectivity index (χ1n) is 5.52. The van der Waals surface area contributed by atoms with E-state index in [9.17, 15) is 0 Å². The van der Waals surface area contributed by atoms with E-state index in [1.807, 2.05) is 6.08 Å². The van der Waals surface area contributed by atoms with Crippen LogP contribution in [0.4, 0.5) is 0 Å². The van der Waals surface area contributed by atoms with Gasteiger partial charge in [-0.25, -0.2) is 0 Å². The zero-order chi connectivity index (χ0) is 11.3. The number of allylic oxidation sites excluding steroid dienone is 4. The number of methoxy groups -OCH3 is 1. The van der Waals surface area contributed by atoms with E-state index in [1.165, 1.54) is 5.70 Å². The lowest BCUT2D eigenvalue weighted by Crippen LogP contribution is -2.32. The van der Waals surface area contributed by atoms with Gasteiger partial charge in [0.1, 0.15) is 0 Å². The van der Waals surface area contributed by atoms with Crippen molar-refractivity contribution in [3.05, 3.63) is 23.5 Å². The van der Waals surface area contributed by atoms with Crippen molar-refractivity contribution in [3.63, 3.8) is 0 Å². The molecule has 1 rings (SSSR count). The van der Waals surface area contributed by atoms with Gasteiger partial charge in [0.2, 0.25) is 0 Å². The maximum Gasteiger partial charge on any atom is 0.0471 e. The quantitative estimate of drug-likeness (QED) is 0.727. The molecule has 86 valence electrons. The summed E-state index contributed by atoms with van der Waals surface area (Å²) in [6.07, 6.45) is 6.03. The molecule has 0 spiro atoms. The van der Waals surface area contributed by atoms with Crippen LogP contribution in [-0.2, 0) is 4.74 Å². The highest BCUT2D eigenvalue weighted by atomic mass is 16.5. The molecule has 1 aliphatic rings. The standard InChI is InChI=1S/C12H22N2O/c1-4-14-10-5-6-11(13)12(2,9-10)7-8-15-3/h5-6,14H,4,7-9,13H2,1-3H3. The third-order valence-electron chi connectivity index (χ3n) is 3.00. The van der Waals surface area contributed by atoms with E-state index in [1.54, 1.807) is 7.11 Å². The number of hydrogen-bond acceptors (Lipinski definition) is 3. The minimum atomic E-state index is 0.0439. The Kier molecular flexibility index (Phi) is 4.21. The maximum absolute atomic E-state index is 6.05. The lowest BCUT2D eigenvalue weighted by molar-refractivity contribution is 0.156. The summed E-state index contributed by atoms with van der Waals surface area (Å²) in [6, 6.07) is 0. The van der Waals surface area contributed by atoms with Gasteiger partial charge in [0.15, 0.2) is 0 Å². The molecule has 0 aromatic carbocycles. The SMILES string of the molecule is CCNC1=CC=C(N)C(C)(CCOC)C1. The Morgan fingerprint density at radius 2 is 2.27 bits per heavy atom. The first-order valence-corrected chi connectivity index (χ1v) is 5.52. The van der Waals surface area contributed by atoms with Crippen LogP contribution in [0, 0.1) is 5.41 Å². The first kappa shape index (κ1) is 12.1. The summed E-state index contributed by atoms with van der Waals surface area (Å²) in [4.78, 5) is 0. The van der Waals surface area contributed by atoms with Gasteiger partial charge in [0.25, 0.3) is 0 Å². The summed E-state index contributed by atoms with van der Waals surface area (Å²) in [5.41, 5.74) is 8.32. The summed E-state index contributed by atoms with van der Waals surface area (Å²) in [5, 5.41) is 3.36. The molecule has 1 aliphatic carbocycles. The molecule has 0 aliphatic heterocycles. The fraction of sp³-hybridized carbons (Fsp3) is 0.667. The molecule has 3 N–H and O–H groups in total. The second-order valence-corrected chi connectivity index (χ2v) is 4.32. The maximum atomic E-state index is 6.05. The molecule has 0 aromatic heterocycles. The van der Waals surface area contributed by atoms with Crippen LogP contribution in [0.15, 0.2) is 23.5 Å². The van der Waals surface area contributed by atoms with Gasteiger partial charge in [0.05, 0.1) is 0 Å². The molecule has 0 saturated heterocycles. The molecule has 0 amide bonds. The monoisotopic (exact) mass is 210 g/mol. The normalized spacial score (nSPS) is 25.8. The van der Waals surface area contributed by atoms with Gasteiger partial charge in [-0.2, -0.15) is 0 Å². The Balaban J connectivity index is 2.68. The molecule has 15 heavy (non-hydrogen) atoms. The second-order valence-electron chi connectivity index (χ2n) is 4.32. The van der Waals surface area contributed by atoms with Crippen molar-refractivity contribution in [1.29, 1.82) is 0 Å². The Morgan fingerprint density at radius 3 is 2.87 bits per heavy atom. The molecule has 0 fully saturated rings. The number of hydrogen-bond donors (Lipinski definition) is 2. The van der Waals surface area contributed by atoms with Gasteiger partial charge >= 0.3 is 0 Å². The zero-order valence-electron chi connectivity index (χ0n) is 9.97. The average molecular weight is 210 g/mol. The molecule has 0 radical (unpaired) electrons. The van der Waals surface area contributed by atoms with Gasteiger partial charge in [-0.05, 0) is 31.9 Å². The fourth-order valence-corrected chi connectivity index (χ4v) is 1.88. The largest absolute Gasteiger partial charge is 0.402 e. The van der Waals surface area contributed by atoms with Gasteiger partial charge in [-0.15, -0.1) is 0 Å². The summed E-state index contributed by atoms with van der Waals surface area (Å²) in [7, 11) is 1.73. The Labute approximate surface area is 92.4 Å². The molecule has 0 bridgehead atoms. The molecule has 3 heteroatoms. The number of rotatable bonds is 5. The highest BCUT2D eigenvalue weighted by Crippen LogP contribution is 2.37. The summed E-state index contributed by atoms with van der Waals surface area (Å²) < 4.78 is 5.13. The number of nitrogens with one attached hydrogen (secondary N) is 1. The van der Waals surface area contributed by atoms with E-state index in [0.29, 0.717) is 0 Å². The van der Waals surface area contributed by atoms with E-state index < -0.39 is 0 Å². The summed E-state index contributed by atoms with van der Waals surface area (Å²) in [5.74, 6) is 0. The van der Waals surface area contributed by atoms with Crippen molar-refractivity contribution in [2.24, 2.45) is 11.1 Å². The predicted molar refractivity (Wildman–Crippen MR) is 63.2 cm³/mol. The lowest BCUT2D eigenvalue weighted by atomic mass is 9.77. The molecule has 3 nitrogen and oxygen atoms in total.